The Morgan fingerprint density at radius 1 is 1.24 bits per heavy atom. The quantitative estimate of drug-likeness (QED) is 0.428. The van der Waals surface area contributed by atoms with Crippen LogP contribution in [0.1, 0.15) is 12.0 Å². The molecule has 2 aromatic heterocycles. The molecule has 0 spiro atoms. The van der Waals surface area contributed by atoms with Crippen LogP contribution in [0.4, 0.5) is 11.6 Å². The third-order valence-corrected chi connectivity index (χ3v) is 4.11. The molecule has 1 aliphatic rings. The Bertz CT molecular complexity index is 961. The van der Waals surface area contributed by atoms with Crippen LogP contribution < -0.4 is 10.1 Å². The van der Waals surface area contributed by atoms with E-state index in [0.717, 1.165) is 11.3 Å². The standard InChI is InChI=1S/C15H11N5O4S/c1-25-15-17-14-12(18-19-15)8-4-2-3-5-9(8)16-13(24-14)10-6-7-11(23-10)20(21)22/h2-7,13,16H,1H3. The van der Waals surface area contributed by atoms with Gasteiger partial charge in [0.1, 0.15) is 4.92 Å². The molecule has 0 fully saturated rings. The average Bonchev–Trinajstić information content (AvgIpc) is 3.06. The number of benzene rings is 1. The molecule has 0 saturated carbocycles. The van der Waals surface area contributed by atoms with E-state index >= 15 is 0 Å². The zero-order chi connectivity index (χ0) is 17.4. The van der Waals surface area contributed by atoms with Crippen molar-refractivity contribution in [2.75, 3.05) is 11.6 Å². The lowest BCUT2D eigenvalue weighted by molar-refractivity contribution is -0.402. The fraction of sp³-hybridized carbons (Fsp3) is 0.133. The first-order chi connectivity index (χ1) is 12.2. The van der Waals surface area contributed by atoms with Crippen LogP contribution in [0.3, 0.4) is 0 Å². The molecule has 1 unspecified atom stereocenters. The Morgan fingerprint density at radius 3 is 2.84 bits per heavy atom. The molecule has 3 aromatic rings. The summed E-state index contributed by atoms with van der Waals surface area (Å²) in [6.45, 7) is 0. The van der Waals surface area contributed by atoms with Gasteiger partial charge in [-0.1, -0.05) is 30.0 Å². The molecule has 1 aliphatic heterocycles. The number of aromatic nitrogens is 3. The second kappa shape index (κ2) is 6.06. The molecule has 1 atom stereocenters. The van der Waals surface area contributed by atoms with Crippen molar-refractivity contribution in [2.45, 2.75) is 11.4 Å². The Labute approximate surface area is 145 Å². The van der Waals surface area contributed by atoms with E-state index in [0.29, 0.717) is 10.9 Å². The summed E-state index contributed by atoms with van der Waals surface area (Å²) in [6, 6.07) is 10.2. The van der Waals surface area contributed by atoms with Crippen molar-refractivity contribution in [2.24, 2.45) is 0 Å². The fourth-order valence-electron chi connectivity index (χ4n) is 2.44. The van der Waals surface area contributed by atoms with E-state index < -0.39 is 11.2 Å². The maximum Gasteiger partial charge on any atom is 0.433 e. The number of nitro groups is 1. The highest BCUT2D eigenvalue weighted by Gasteiger charge is 2.29. The zero-order valence-electron chi connectivity index (χ0n) is 12.9. The topological polar surface area (TPSA) is 116 Å². The molecular formula is C15H11N5O4S. The van der Waals surface area contributed by atoms with E-state index in [1.165, 1.54) is 23.9 Å². The van der Waals surface area contributed by atoms with Crippen LogP contribution in [0, 0.1) is 10.1 Å². The second-order valence-corrected chi connectivity index (χ2v) is 5.85. The van der Waals surface area contributed by atoms with Crippen molar-refractivity contribution in [1.29, 1.82) is 0 Å². The van der Waals surface area contributed by atoms with Crippen LogP contribution >= 0.6 is 11.8 Å². The molecule has 1 N–H and O–H groups in total. The third kappa shape index (κ3) is 2.76. The van der Waals surface area contributed by atoms with Crippen LogP contribution in [0.15, 0.2) is 46.0 Å². The van der Waals surface area contributed by atoms with Gasteiger partial charge in [-0.3, -0.25) is 10.1 Å². The van der Waals surface area contributed by atoms with Crippen molar-refractivity contribution in [1.82, 2.24) is 15.2 Å². The first-order valence-corrected chi connectivity index (χ1v) is 8.43. The molecule has 3 heterocycles. The minimum atomic E-state index is -0.789. The molecule has 0 radical (unpaired) electrons. The van der Waals surface area contributed by atoms with Crippen LogP contribution in [0.25, 0.3) is 11.3 Å². The predicted octanol–water partition coefficient (Wildman–Crippen LogP) is 3.26. The molecule has 0 bridgehead atoms. The van der Waals surface area contributed by atoms with Gasteiger partial charge in [-0.15, -0.1) is 10.2 Å². The highest BCUT2D eigenvalue weighted by atomic mass is 32.2. The van der Waals surface area contributed by atoms with Gasteiger partial charge in [0.15, 0.2) is 11.5 Å². The number of para-hydroxylation sites is 1. The Hall–Kier alpha value is -3.14. The highest BCUT2D eigenvalue weighted by Crippen LogP contribution is 2.39. The lowest BCUT2D eigenvalue weighted by atomic mass is 10.1. The molecule has 0 aliphatic carbocycles. The lowest BCUT2D eigenvalue weighted by Gasteiger charge is -2.16. The molecule has 0 amide bonds. The van der Waals surface area contributed by atoms with E-state index in [1.54, 1.807) is 0 Å². The van der Waals surface area contributed by atoms with Crippen LogP contribution in [0.5, 0.6) is 5.88 Å². The molecule has 4 rings (SSSR count). The number of nitrogens with one attached hydrogen (secondary N) is 1. The monoisotopic (exact) mass is 357 g/mol. The number of anilines is 1. The summed E-state index contributed by atoms with van der Waals surface area (Å²) in [7, 11) is 0. The van der Waals surface area contributed by atoms with Crippen molar-refractivity contribution >= 4 is 23.3 Å². The Kier molecular flexibility index (Phi) is 3.73. The molecule has 1 aromatic carbocycles. The minimum Gasteiger partial charge on any atom is -0.444 e. The maximum atomic E-state index is 10.9. The number of thioether (sulfide) groups is 1. The Balaban J connectivity index is 1.82. The summed E-state index contributed by atoms with van der Waals surface area (Å²) in [6.07, 6.45) is 1.04. The number of hydrogen-bond acceptors (Lipinski definition) is 9. The van der Waals surface area contributed by atoms with Crippen LogP contribution in [-0.4, -0.2) is 26.4 Å². The highest BCUT2D eigenvalue weighted by molar-refractivity contribution is 7.98. The Morgan fingerprint density at radius 2 is 2.08 bits per heavy atom. The van der Waals surface area contributed by atoms with Gasteiger partial charge >= 0.3 is 5.88 Å². The molecule has 9 nitrogen and oxygen atoms in total. The van der Waals surface area contributed by atoms with Crippen molar-refractivity contribution in [3.63, 3.8) is 0 Å². The van der Waals surface area contributed by atoms with Gasteiger partial charge < -0.3 is 14.5 Å². The van der Waals surface area contributed by atoms with E-state index in [4.69, 9.17) is 9.15 Å². The predicted molar refractivity (Wildman–Crippen MR) is 89.4 cm³/mol. The zero-order valence-corrected chi connectivity index (χ0v) is 13.7. The molecule has 0 saturated heterocycles. The normalized spacial score (nSPS) is 15.3. The van der Waals surface area contributed by atoms with E-state index in [1.807, 2.05) is 30.5 Å². The summed E-state index contributed by atoms with van der Waals surface area (Å²) in [5.74, 6) is 0.184. The molecule has 25 heavy (non-hydrogen) atoms. The van der Waals surface area contributed by atoms with E-state index in [-0.39, 0.29) is 17.5 Å². The summed E-state index contributed by atoms with van der Waals surface area (Å²) < 4.78 is 11.2. The van der Waals surface area contributed by atoms with Gasteiger partial charge in [0, 0.05) is 11.3 Å². The number of hydrogen-bond donors (Lipinski definition) is 1. The minimum absolute atomic E-state index is 0.263. The van der Waals surface area contributed by atoms with E-state index in [9.17, 15) is 10.1 Å². The molecule has 126 valence electrons. The lowest BCUT2D eigenvalue weighted by Crippen LogP contribution is -2.16. The maximum absolute atomic E-state index is 10.9. The SMILES string of the molecule is CSc1nnc2c(n1)OC(c1ccc([N+](=O)[O-])o1)Nc1ccccc1-2. The van der Waals surface area contributed by atoms with Crippen molar-refractivity contribution < 1.29 is 14.1 Å². The van der Waals surface area contributed by atoms with Crippen LogP contribution in [-0.2, 0) is 0 Å². The van der Waals surface area contributed by atoms with E-state index in [2.05, 4.69) is 20.5 Å². The third-order valence-electron chi connectivity index (χ3n) is 3.57. The van der Waals surface area contributed by atoms with Crippen LogP contribution in [0.2, 0.25) is 0 Å². The average molecular weight is 357 g/mol. The first-order valence-electron chi connectivity index (χ1n) is 7.21. The van der Waals surface area contributed by atoms with Gasteiger partial charge in [0.2, 0.25) is 17.3 Å². The summed E-state index contributed by atoms with van der Waals surface area (Å²) in [5, 5.41) is 22.8. The molecular weight excluding hydrogens is 346 g/mol. The largest absolute Gasteiger partial charge is 0.444 e. The summed E-state index contributed by atoms with van der Waals surface area (Å²) in [4.78, 5) is 14.6. The smallest absolute Gasteiger partial charge is 0.433 e. The van der Waals surface area contributed by atoms with Gasteiger partial charge in [-0.25, -0.2) is 0 Å². The van der Waals surface area contributed by atoms with Gasteiger partial charge in [0.25, 0.3) is 0 Å². The number of fused-ring (bicyclic) bond motifs is 3. The second-order valence-electron chi connectivity index (χ2n) is 5.07. The number of rotatable bonds is 3. The molecule has 10 heteroatoms. The summed E-state index contributed by atoms with van der Waals surface area (Å²) in [5.41, 5.74) is 2.00. The van der Waals surface area contributed by atoms with Crippen molar-refractivity contribution in [3.05, 3.63) is 52.3 Å². The number of ether oxygens (including phenoxy) is 1. The fourth-order valence-corrected chi connectivity index (χ4v) is 2.74. The van der Waals surface area contributed by atoms with Crippen molar-refractivity contribution in [3.8, 4) is 17.1 Å². The van der Waals surface area contributed by atoms with Gasteiger partial charge in [0.05, 0.1) is 6.07 Å². The number of furan rings is 1. The number of nitrogens with zero attached hydrogens (tertiary/aromatic N) is 4. The van der Waals surface area contributed by atoms with Gasteiger partial charge in [-0.2, -0.15) is 4.98 Å². The summed E-state index contributed by atoms with van der Waals surface area (Å²) >= 11 is 1.34. The van der Waals surface area contributed by atoms with Gasteiger partial charge in [-0.05, 0) is 18.4 Å². The first kappa shape index (κ1) is 15.4.